The highest BCUT2D eigenvalue weighted by molar-refractivity contribution is 7.91. The van der Waals surface area contributed by atoms with Crippen LogP contribution < -0.4 is 5.32 Å². The van der Waals surface area contributed by atoms with Crippen LogP contribution in [0, 0.1) is 5.82 Å². The Balaban J connectivity index is 1.64. The molecule has 1 aromatic carbocycles. The topological polar surface area (TPSA) is 55.4 Å². The van der Waals surface area contributed by atoms with Gasteiger partial charge in [0, 0.05) is 12.1 Å². The van der Waals surface area contributed by atoms with E-state index in [2.05, 4.69) is 5.32 Å². The molecular weight excluding hydrogens is 293 g/mol. The Kier molecular flexibility index (Phi) is 3.10. The maximum Gasteiger partial charge on any atom is 0.178 e. The van der Waals surface area contributed by atoms with Crippen LogP contribution in [0.5, 0.6) is 0 Å². The average Bonchev–Trinajstić information content (AvgIpc) is 3.04. The second kappa shape index (κ2) is 4.76. The summed E-state index contributed by atoms with van der Waals surface area (Å²) in [5.74, 6) is -0.271. The number of fused-ring (bicyclic) bond motifs is 3. The zero-order chi connectivity index (χ0) is 14.6. The van der Waals surface area contributed by atoms with Gasteiger partial charge >= 0.3 is 0 Å². The molecule has 3 aliphatic rings. The molecule has 0 amide bonds. The van der Waals surface area contributed by atoms with Gasteiger partial charge in [0.15, 0.2) is 9.84 Å². The van der Waals surface area contributed by atoms with E-state index in [0.717, 1.165) is 19.3 Å². The number of sulfone groups is 1. The SMILES string of the molecule is O=S1(=O)CCC(NC2CC3CCC2O3)c2cc(F)ccc21. The van der Waals surface area contributed by atoms with Gasteiger partial charge in [-0.05, 0) is 49.4 Å². The molecule has 21 heavy (non-hydrogen) atoms. The molecular formula is C15H18FNO3S. The first-order valence-electron chi connectivity index (χ1n) is 7.47. The van der Waals surface area contributed by atoms with Gasteiger partial charge in [-0.25, -0.2) is 12.8 Å². The van der Waals surface area contributed by atoms with E-state index < -0.39 is 9.84 Å². The first kappa shape index (κ1) is 13.7. The first-order chi connectivity index (χ1) is 10.0. The number of rotatable bonds is 2. The Bertz CT molecular complexity index is 675. The number of hydrogen-bond acceptors (Lipinski definition) is 4. The second-order valence-corrected chi connectivity index (χ2v) is 8.30. The summed E-state index contributed by atoms with van der Waals surface area (Å²) < 4.78 is 43.6. The Labute approximate surface area is 123 Å². The van der Waals surface area contributed by atoms with Crippen molar-refractivity contribution < 1.29 is 17.5 Å². The molecule has 1 N–H and O–H groups in total. The van der Waals surface area contributed by atoms with E-state index in [1.807, 2.05) is 0 Å². The molecule has 0 aliphatic carbocycles. The highest BCUT2D eigenvalue weighted by Gasteiger charge is 2.42. The minimum atomic E-state index is -3.27. The van der Waals surface area contributed by atoms with E-state index >= 15 is 0 Å². The molecule has 4 atom stereocenters. The number of halogens is 1. The zero-order valence-corrected chi connectivity index (χ0v) is 12.4. The maximum absolute atomic E-state index is 13.5. The first-order valence-corrected chi connectivity index (χ1v) is 9.12. The molecule has 0 saturated carbocycles. The molecule has 1 aromatic rings. The van der Waals surface area contributed by atoms with Crippen LogP contribution >= 0.6 is 0 Å². The monoisotopic (exact) mass is 311 g/mol. The van der Waals surface area contributed by atoms with Gasteiger partial charge in [-0.15, -0.1) is 0 Å². The Morgan fingerprint density at radius 2 is 2.10 bits per heavy atom. The van der Waals surface area contributed by atoms with Crippen molar-refractivity contribution in [2.24, 2.45) is 0 Å². The van der Waals surface area contributed by atoms with Crippen molar-refractivity contribution in [1.29, 1.82) is 0 Å². The minimum absolute atomic E-state index is 0.104. The van der Waals surface area contributed by atoms with Crippen molar-refractivity contribution in [2.75, 3.05) is 5.75 Å². The summed E-state index contributed by atoms with van der Waals surface area (Å²) >= 11 is 0. The Morgan fingerprint density at radius 1 is 1.24 bits per heavy atom. The lowest BCUT2D eigenvalue weighted by Crippen LogP contribution is -2.42. The fourth-order valence-electron chi connectivity index (χ4n) is 3.86. The van der Waals surface area contributed by atoms with E-state index in [4.69, 9.17) is 4.74 Å². The lowest BCUT2D eigenvalue weighted by Gasteiger charge is -2.31. The van der Waals surface area contributed by atoms with Gasteiger partial charge in [0.05, 0.1) is 22.9 Å². The largest absolute Gasteiger partial charge is 0.373 e. The van der Waals surface area contributed by atoms with Crippen molar-refractivity contribution >= 4 is 9.84 Å². The van der Waals surface area contributed by atoms with Crippen LogP contribution in [0.2, 0.25) is 0 Å². The fraction of sp³-hybridized carbons (Fsp3) is 0.600. The Morgan fingerprint density at radius 3 is 2.81 bits per heavy atom. The van der Waals surface area contributed by atoms with Gasteiger partial charge in [-0.2, -0.15) is 0 Å². The van der Waals surface area contributed by atoms with Crippen molar-refractivity contribution in [3.63, 3.8) is 0 Å². The van der Waals surface area contributed by atoms with Crippen LogP contribution in [0.25, 0.3) is 0 Å². The van der Waals surface area contributed by atoms with Crippen molar-refractivity contribution in [1.82, 2.24) is 5.32 Å². The average molecular weight is 311 g/mol. The van der Waals surface area contributed by atoms with Crippen LogP contribution in [0.3, 0.4) is 0 Å². The molecule has 3 aliphatic heterocycles. The normalized spacial score (nSPS) is 36.6. The van der Waals surface area contributed by atoms with Crippen LogP contribution in [-0.4, -0.2) is 32.4 Å². The molecule has 4 nitrogen and oxygen atoms in total. The highest BCUT2D eigenvalue weighted by Crippen LogP contribution is 2.38. The van der Waals surface area contributed by atoms with Crippen LogP contribution in [0.15, 0.2) is 23.1 Å². The smallest absolute Gasteiger partial charge is 0.178 e. The standard InChI is InChI=1S/C15H18FNO3S/c16-9-1-4-15-11(7-9)12(5-6-21(15,18)19)17-13-8-10-2-3-14(13)20-10/h1,4,7,10,12-14,17H,2-3,5-6,8H2. The van der Waals surface area contributed by atoms with Gasteiger partial charge in [-0.3, -0.25) is 0 Å². The summed E-state index contributed by atoms with van der Waals surface area (Å²) in [5, 5.41) is 3.51. The van der Waals surface area contributed by atoms with Gasteiger partial charge in [0.25, 0.3) is 0 Å². The van der Waals surface area contributed by atoms with Crippen LogP contribution in [0.1, 0.15) is 37.3 Å². The molecule has 2 fully saturated rings. The van der Waals surface area contributed by atoms with Crippen molar-refractivity contribution in [3.05, 3.63) is 29.6 Å². The molecule has 3 heterocycles. The lowest BCUT2D eigenvalue weighted by molar-refractivity contribution is 0.0958. The van der Waals surface area contributed by atoms with Gasteiger partial charge < -0.3 is 10.1 Å². The van der Waals surface area contributed by atoms with E-state index in [1.165, 1.54) is 18.2 Å². The minimum Gasteiger partial charge on any atom is -0.373 e. The molecule has 2 saturated heterocycles. The molecule has 114 valence electrons. The van der Waals surface area contributed by atoms with Gasteiger partial charge in [-0.1, -0.05) is 0 Å². The van der Waals surface area contributed by atoms with E-state index in [1.54, 1.807) is 0 Å². The van der Waals surface area contributed by atoms with Crippen LogP contribution in [0.4, 0.5) is 4.39 Å². The molecule has 0 radical (unpaired) electrons. The third-order valence-electron chi connectivity index (χ3n) is 4.88. The van der Waals surface area contributed by atoms with Crippen molar-refractivity contribution in [3.8, 4) is 0 Å². The predicted octanol–water partition coefficient (Wildman–Crippen LogP) is 1.95. The maximum atomic E-state index is 13.5. The highest BCUT2D eigenvalue weighted by atomic mass is 32.2. The van der Waals surface area contributed by atoms with Crippen LogP contribution in [-0.2, 0) is 14.6 Å². The lowest BCUT2D eigenvalue weighted by atomic mass is 9.93. The third kappa shape index (κ3) is 2.29. The quantitative estimate of drug-likeness (QED) is 0.848. The molecule has 0 aromatic heterocycles. The molecule has 4 rings (SSSR count). The number of hydrogen-bond donors (Lipinski definition) is 1. The molecule has 6 heteroatoms. The van der Waals surface area contributed by atoms with Gasteiger partial charge in [0.2, 0.25) is 0 Å². The summed E-state index contributed by atoms with van der Waals surface area (Å²) in [6.07, 6.45) is 4.21. The second-order valence-electron chi connectivity index (χ2n) is 6.23. The summed E-state index contributed by atoms with van der Waals surface area (Å²) in [6.45, 7) is 0. The fourth-order valence-corrected chi connectivity index (χ4v) is 5.46. The van der Waals surface area contributed by atoms with Crippen molar-refractivity contribution in [2.45, 2.75) is 54.9 Å². The number of nitrogens with one attached hydrogen (secondary N) is 1. The number of ether oxygens (including phenoxy) is 1. The predicted molar refractivity (Wildman–Crippen MR) is 75.2 cm³/mol. The summed E-state index contributed by atoms with van der Waals surface area (Å²) in [7, 11) is -3.27. The Hall–Kier alpha value is -0.980. The summed E-state index contributed by atoms with van der Waals surface area (Å²) in [5.41, 5.74) is 0.573. The third-order valence-corrected chi connectivity index (χ3v) is 6.69. The molecule has 2 bridgehead atoms. The summed E-state index contributed by atoms with van der Waals surface area (Å²) in [4.78, 5) is 0.275. The van der Waals surface area contributed by atoms with Gasteiger partial charge in [0.1, 0.15) is 5.82 Å². The van der Waals surface area contributed by atoms with E-state index in [0.29, 0.717) is 18.1 Å². The molecule has 0 spiro atoms. The number of benzene rings is 1. The van der Waals surface area contributed by atoms with E-state index in [9.17, 15) is 12.8 Å². The summed E-state index contributed by atoms with van der Waals surface area (Å²) in [6, 6.07) is 4.13. The molecule has 4 unspecified atom stereocenters. The zero-order valence-electron chi connectivity index (χ0n) is 11.6. The van der Waals surface area contributed by atoms with E-state index in [-0.39, 0.29) is 34.7 Å².